The molecule has 1 fully saturated rings. The molecule has 4 rings (SSSR count). The molecule has 2 aromatic carbocycles. The SMILES string of the molecule is CC(C)NC(=O)Nc1ccc(-c2c(C#N)c3ccc(OCCCC(=N)N=NN)cc3n2C2CCC2)cc1. The second-order valence-electron chi connectivity index (χ2n) is 9.41. The Balaban J connectivity index is 1.63. The van der Waals surface area contributed by atoms with Crippen LogP contribution in [-0.2, 0) is 0 Å². The minimum atomic E-state index is -0.253. The van der Waals surface area contributed by atoms with E-state index in [1.165, 1.54) is 0 Å². The number of anilines is 1. The number of benzene rings is 2. The number of hydrogen-bond donors (Lipinski definition) is 4. The normalized spacial score (nSPS) is 13.5. The van der Waals surface area contributed by atoms with E-state index in [2.05, 4.69) is 31.6 Å². The number of urea groups is 1. The number of ether oxygens (including phenoxy) is 1. The highest BCUT2D eigenvalue weighted by Crippen LogP contribution is 2.43. The lowest BCUT2D eigenvalue weighted by Crippen LogP contribution is -2.34. The third kappa shape index (κ3) is 5.89. The van der Waals surface area contributed by atoms with Crippen molar-refractivity contribution >= 4 is 28.5 Å². The van der Waals surface area contributed by atoms with Crippen LogP contribution in [0.15, 0.2) is 52.8 Å². The number of nitrogens with zero attached hydrogens (tertiary/aromatic N) is 4. The van der Waals surface area contributed by atoms with Crippen LogP contribution >= 0.6 is 0 Å². The molecule has 10 heteroatoms. The van der Waals surface area contributed by atoms with E-state index in [1.54, 1.807) is 0 Å². The van der Waals surface area contributed by atoms with Gasteiger partial charge in [0.1, 0.15) is 17.7 Å². The molecule has 37 heavy (non-hydrogen) atoms. The molecule has 5 N–H and O–H groups in total. The van der Waals surface area contributed by atoms with Crippen molar-refractivity contribution in [2.45, 2.75) is 58.0 Å². The van der Waals surface area contributed by atoms with E-state index in [0.717, 1.165) is 41.4 Å². The number of nitrogens with two attached hydrogens (primary N) is 1. The summed E-state index contributed by atoms with van der Waals surface area (Å²) in [5, 5.41) is 31.0. The molecule has 1 aliphatic rings. The smallest absolute Gasteiger partial charge is 0.319 e. The fourth-order valence-corrected chi connectivity index (χ4v) is 4.49. The van der Waals surface area contributed by atoms with Gasteiger partial charge in [-0.05, 0) is 69.4 Å². The van der Waals surface area contributed by atoms with E-state index in [-0.39, 0.29) is 17.9 Å². The zero-order valence-corrected chi connectivity index (χ0v) is 21.1. The monoisotopic (exact) mass is 500 g/mol. The molecule has 0 spiro atoms. The van der Waals surface area contributed by atoms with Crippen LogP contribution in [0.4, 0.5) is 10.5 Å². The van der Waals surface area contributed by atoms with E-state index >= 15 is 0 Å². The number of fused-ring (bicyclic) bond motifs is 1. The van der Waals surface area contributed by atoms with Gasteiger partial charge in [-0.2, -0.15) is 5.26 Å². The molecule has 0 atom stereocenters. The van der Waals surface area contributed by atoms with Crippen molar-refractivity contribution in [2.75, 3.05) is 11.9 Å². The Bertz CT molecular complexity index is 1350. The molecule has 10 nitrogen and oxygen atoms in total. The van der Waals surface area contributed by atoms with Crippen LogP contribution < -0.4 is 21.2 Å². The van der Waals surface area contributed by atoms with Gasteiger partial charge in [0.25, 0.3) is 0 Å². The Morgan fingerprint density at radius 3 is 2.65 bits per heavy atom. The molecule has 0 bridgehead atoms. The van der Waals surface area contributed by atoms with Gasteiger partial charge < -0.3 is 25.8 Å². The summed E-state index contributed by atoms with van der Waals surface area (Å²) in [6.07, 6.45) is 4.30. The second-order valence-corrected chi connectivity index (χ2v) is 9.41. The van der Waals surface area contributed by atoms with Gasteiger partial charge in [-0.15, -0.1) is 5.11 Å². The van der Waals surface area contributed by atoms with Crippen LogP contribution in [0.2, 0.25) is 0 Å². The Labute approximate surface area is 216 Å². The van der Waals surface area contributed by atoms with Crippen molar-refractivity contribution in [3.05, 3.63) is 48.0 Å². The molecule has 1 aliphatic carbocycles. The molecule has 2 amide bonds. The summed E-state index contributed by atoms with van der Waals surface area (Å²) in [7, 11) is 0. The van der Waals surface area contributed by atoms with Crippen molar-refractivity contribution in [1.82, 2.24) is 9.88 Å². The van der Waals surface area contributed by atoms with Gasteiger partial charge in [0.05, 0.1) is 23.4 Å². The van der Waals surface area contributed by atoms with Crippen molar-refractivity contribution in [2.24, 2.45) is 16.2 Å². The van der Waals surface area contributed by atoms with Gasteiger partial charge in [-0.25, -0.2) is 4.79 Å². The predicted octanol–water partition coefficient (Wildman–Crippen LogP) is 5.90. The first kappa shape index (κ1) is 25.7. The molecule has 3 aromatic rings. The number of rotatable bonds is 9. The highest BCUT2D eigenvalue weighted by molar-refractivity contribution is 5.96. The van der Waals surface area contributed by atoms with E-state index in [4.69, 9.17) is 16.0 Å². The first-order valence-corrected chi connectivity index (χ1v) is 12.5. The summed E-state index contributed by atoms with van der Waals surface area (Å²) in [4.78, 5) is 12.1. The number of carbonyl (C=O) groups excluding carboxylic acids is 1. The number of carbonyl (C=O) groups is 1. The Hall–Kier alpha value is -4.39. The molecule has 1 saturated carbocycles. The first-order valence-electron chi connectivity index (χ1n) is 12.5. The molecule has 1 aromatic heterocycles. The summed E-state index contributed by atoms with van der Waals surface area (Å²) >= 11 is 0. The van der Waals surface area contributed by atoms with Crippen LogP contribution in [0, 0.1) is 16.7 Å². The third-order valence-corrected chi connectivity index (χ3v) is 6.37. The van der Waals surface area contributed by atoms with Crippen LogP contribution in [0.25, 0.3) is 22.2 Å². The van der Waals surface area contributed by atoms with E-state index < -0.39 is 0 Å². The lowest BCUT2D eigenvalue weighted by Gasteiger charge is -2.30. The van der Waals surface area contributed by atoms with Gasteiger partial charge >= 0.3 is 6.03 Å². The molecule has 0 unspecified atom stereocenters. The summed E-state index contributed by atoms with van der Waals surface area (Å²) in [6, 6.07) is 16.0. The Kier molecular flexibility index (Phi) is 8.03. The van der Waals surface area contributed by atoms with Gasteiger partial charge in [0, 0.05) is 35.6 Å². The Morgan fingerprint density at radius 2 is 2.03 bits per heavy atom. The molecule has 0 aliphatic heterocycles. The average Bonchev–Trinajstić information content (AvgIpc) is 3.14. The fraction of sp³-hybridized carbons (Fsp3) is 0.370. The van der Waals surface area contributed by atoms with Crippen LogP contribution in [0.3, 0.4) is 0 Å². The molecule has 192 valence electrons. The lowest BCUT2D eigenvalue weighted by molar-refractivity contribution is 0.250. The van der Waals surface area contributed by atoms with Crippen molar-refractivity contribution in [3.63, 3.8) is 0 Å². The van der Waals surface area contributed by atoms with E-state index in [1.807, 2.05) is 56.3 Å². The highest BCUT2D eigenvalue weighted by atomic mass is 16.5. The molecule has 0 radical (unpaired) electrons. The Morgan fingerprint density at radius 1 is 1.27 bits per heavy atom. The number of nitrogens with one attached hydrogen (secondary N) is 3. The lowest BCUT2D eigenvalue weighted by atomic mass is 9.92. The van der Waals surface area contributed by atoms with Crippen molar-refractivity contribution < 1.29 is 9.53 Å². The van der Waals surface area contributed by atoms with Crippen molar-refractivity contribution in [1.29, 1.82) is 10.7 Å². The van der Waals surface area contributed by atoms with Gasteiger partial charge in [-0.3, -0.25) is 5.41 Å². The van der Waals surface area contributed by atoms with Gasteiger partial charge in [0.15, 0.2) is 0 Å². The standard InChI is InChI=1S/C27H32N8O2/c1-17(2)31-27(36)32-19-10-8-18(9-11-19)26-23(16-28)22-13-12-21(37-14-4-7-25(29)33-34-30)15-24(22)35(26)20-5-3-6-20/h8-13,15,17,20H,3-7,14H2,1-2H3,(H3,29,30,33)(H2,31,32,36). The fourth-order valence-electron chi connectivity index (χ4n) is 4.49. The number of aromatic nitrogens is 1. The summed E-state index contributed by atoms with van der Waals surface area (Å²) < 4.78 is 8.23. The first-order chi connectivity index (χ1) is 17.9. The summed E-state index contributed by atoms with van der Waals surface area (Å²) in [5.41, 5.74) is 4.09. The number of nitriles is 1. The average molecular weight is 501 g/mol. The topological polar surface area (TPSA) is 154 Å². The minimum Gasteiger partial charge on any atom is -0.494 e. The second kappa shape index (κ2) is 11.6. The van der Waals surface area contributed by atoms with E-state index in [9.17, 15) is 10.1 Å². The molecule has 0 saturated heterocycles. The third-order valence-electron chi connectivity index (χ3n) is 6.37. The summed E-state index contributed by atoms with van der Waals surface area (Å²) in [6.45, 7) is 4.24. The quantitative estimate of drug-likeness (QED) is 0.0721. The number of amidine groups is 1. The maximum absolute atomic E-state index is 12.1. The maximum Gasteiger partial charge on any atom is 0.319 e. The number of amides is 2. The summed E-state index contributed by atoms with van der Waals surface area (Å²) in [5.74, 6) is 5.81. The molecular formula is C27H32N8O2. The van der Waals surface area contributed by atoms with Crippen LogP contribution in [0.5, 0.6) is 5.75 Å². The number of hydrogen-bond acceptors (Lipinski definition) is 5. The van der Waals surface area contributed by atoms with Gasteiger partial charge in [-0.1, -0.05) is 17.4 Å². The van der Waals surface area contributed by atoms with Crippen LogP contribution in [-0.4, -0.2) is 29.1 Å². The van der Waals surface area contributed by atoms with E-state index in [0.29, 0.717) is 42.5 Å². The van der Waals surface area contributed by atoms with Crippen molar-refractivity contribution in [3.8, 4) is 23.1 Å². The largest absolute Gasteiger partial charge is 0.494 e. The minimum absolute atomic E-state index is 0.0422. The zero-order valence-electron chi connectivity index (χ0n) is 21.1. The predicted molar refractivity (Wildman–Crippen MR) is 144 cm³/mol. The van der Waals surface area contributed by atoms with Gasteiger partial charge in [0.2, 0.25) is 0 Å². The molecule has 1 heterocycles. The maximum atomic E-state index is 12.1. The molecular weight excluding hydrogens is 468 g/mol. The zero-order chi connectivity index (χ0) is 26.4. The highest BCUT2D eigenvalue weighted by Gasteiger charge is 2.28. The van der Waals surface area contributed by atoms with Crippen LogP contribution in [0.1, 0.15) is 57.6 Å².